The zero-order valence-corrected chi connectivity index (χ0v) is 19.8. The van der Waals surface area contributed by atoms with E-state index in [0.717, 1.165) is 52.6 Å². The van der Waals surface area contributed by atoms with Crippen molar-refractivity contribution in [1.82, 2.24) is 0 Å². The average Bonchev–Trinajstić information content (AvgIpc) is 3.40. The predicted molar refractivity (Wildman–Crippen MR) is 137 cm³/mol. The molecule has 0 saturated carbocycles. The Labute approximate surface area is 200 Å². The molecule has 3 aliphatic heterocycles. The van der Waals surface area contributed by atoms with E-state index in [4.69, 9.17) is 4.74 Å². The Morgan fingerprint density at radius 3 is 2.44 bits per heavy atom. The summed E-state index contributed by atoms with van der Waals surface area (Å²) >= 11 is 0. The van der Waals surface area contributed by atoms with Crippen LogP contribution in [0.15, 0.2) is 60.7 Å². The van der Waals surface area contributed by atoms with Crippen molar-refractivity contribution in [2.45, 2.75) is 32.0 Å². The van der Waals surface area contributed by atoms with Gasteiger partial charge in [-0.3, -0.25) is 4.79 Å². The molecule has 3 aromatic carbocycles. The van der Waals surface area contributed by atoms with E-state index in [1.807, 2.05) is 29.2 Å². The van der Waals surface area contributed by atoms with Gasteiger partial charge in [-0.2, -0.15) is 0 Å². The third-order valence-corrected chi connectivity index (χ3v) is 7.40. The number of rotatable bonds is 4. The molecule has 1 saturated heterocycles. The molecule has 0 aliphatic carbocycles. The first-order chi connectivity index (χ1) is 16.6. The number of ether oxygens (including phenoxy) is 1. The lowest BCUT2D eigenvalue weighted by molar-refractivity contribution is 0.0996. The molecule has 6 heteroatoms. The van der Waals surface area contributed by atoms with Crippen molar-refractivity contribution in [3.8, 4) is 5.75 Å². The van der Waals surface area contributed by atoms with Gasteiger partial charge in [0.05, 0.1) is 25.0 Å². The number of hydrogen-bond acceptors (Lipinski definition) is 5. The van der Waals surface area contributed by atoms with Crippen LogP contribution in [0.4, 0.5) is 22.7 Å². The van der Waals surface area contributed by atoms with Crippen LogP contribution < -0.4 is 24.8 Å². The van der Waals surface area contributed by atoms with Crippen molar-refractivity contribution in [2.24, 2.45) is 0 Å². The fourth-order valence-electron chi connectivity index (χ4n) is 5.44. The number of carbonyl (C=O) groups is 1. The summed E-state index contributed by atoms with van der Waals surface area (Å²) in [6.45, 7) is 2.83. The van der Waals surface area contributed by atoms with Gasteiger partial charge in [0.15, 0.2) is 0 Å². The molecule has 0 bridgehead atoms. The van der Waals surface area contributed by atoms with Crippen LogP contribution in [0.3, 0.4) is 0 Å². The minimum atomic E-state index is 0.0368. The smallest absolute Gasteiger partial charge is 0.258 e. The van der Waals surface area contributed by atoms with Crippen LogP contribution in [0.2, 0.25) is 0 Å². The zero-order chi connectivity index (χ0) is 23.2. The van der Waals surface area contributed by atoms with Crippen molar-refractivity contribution in [2.75, 3.05) is 47.3 Å². The first-order valence-corrected chi connectivity index (χ1v) is 12.1. The summed E-state index contributed by atoms with van der Waals surface area (Å²) in [6.07, 6.45) is 3.84. The van der Waals surface area contributed by atoms with E-state index in [0.29, 0.717) is 6.54 Å². The lowest BCUT2D eigenvalue weighted by Crippen LogP contribution is -2.29. The van der Waals surface area contributed by atoms with Gasteiger partial charge in [-0.1, -0.05) is 12.1 Å². The standard InChI is InChI=1S/C28H30N4O2/c1-30-26-17-22(9-13-25(26)29-27(30)19-6-10-23(34-2)11-7-19)32-18-20-16-21(8-12-24(20)28(32)33)31-14-4-3-5-15-31/h6-13,16-17,27,29H,3-5,14-15,18H2,1-2H3. The van der Waals surface area contributed by atoms with Gasteiger partial charge in [-0.05, 0) is 78.9 Å². The lowest BCUT2D eigenvalue weighted by Gasteiger charge is -2.29. The molecule has 6 rings (SSSR count). The number of piperidine rings is 1. The van der Waals surface area contributed by atoms with Crippen LogP contribution in [-0.2, 0) is 6.54 Å². The molecule has 174 valence electrons. The highest BCUT2D eigenvalue weighted by Crippen LogP contribution is 2.43. The number of anilines is 4. The number of hydrogen-bond donors (Lipinski definition) is 1. The Bertz CT molecular complexity index is 1230. The number of carbonyl (C=O) groups excluding carboxylic acids is 1. The summed E-state index contributed by atoms with van der Waals surface area (Å²) in [5.41, 5.74) is 7.45. The van der Waals surface area contributed by atoms with Crippen LogP contribution >= 0.6 is 0 Å². The molecule has 3 aliphatic rings. The van der Waals surface area contributed by atoms with E-state index >= 15 is 0 Å². The number of nitrogens with one attached hydrogen (secondary N) is 1. The minimum Gasteiger partial charge on any atom is -0.497 e. The maximum absolute atomic E-state index is 13.3. The Hall–Kier alpha value is -3.67. The molecule has 0 aromatic heterocycles. The SMILES string of the molecule is COc1ccc(C2Nc3ccc(N4Cc5cc(N6CCCCC6)ccc5C4=O)cc3N2C)cc1. The van der Waals surface area contributed by atoms with Crippen molar-refractivity contribution in [3.05, 3.63) is 77.4 Å². The number of amides is 1. The van der Waals surface area contributed by atoms with Crippen molar-refractivity contribution >= 4 is 28.7 Å². The Morgan fingerprint density at radius 2 is 1.68 bits per heavy atom. The summed E-state index contributed by atoms with van der Waals surface area (Å²) in [5, 5.41) is 3.60. The van der Waals surface area contributed by atoms with Crippen molar-refractivity contribution in [3.63, 3.8) is 0 Å². The van der Waals surface area contributed by atoms with Crippen molar-refractivity contribution < 1.29 is 9.53 Å². The van der Waals surface area contributed by atoms with Gasteiger partial charge in [0.1, 0.15) is 11.9 Å². The first-order valence-electron chi connectivity index (χ1n) is 12.1. The van der Waals surface area contributed by atoms with Crippen LogP contribution in [-0.4, -0.2) is 33.2 Å². The fraction of sp³-hybridized carbons (Fsp3) is 0.321. The molecular formula is C28H30N4O2. The predicted octanol–water partition coefficient (Wildman–Crippen LogP) is 5.41. The highest BCUT2D eigenvalue weighted by Gasteiger charge is 2.32. The number of fused-ring (bicyclic) bond motifs is 2. The molecule has 6 nitrogen and oxygen atoms in total. The summed E-state index contributed by atoms with van der Waals surface area (Å²) in [4.78, 5) is 19.9. The second kappa shape index (κ2) is 8.28. The topological polar surface area (TPSA) is 48.1 Å². The largest absolute Gasteiger partial charge is 0.497 e. The minimum absolute atomic E-state index is 0.0368. The third-order valence-electron chi connectivity index (χ3n) is 7.40. The molecule has 1 amide bonds. The normalized spacial score (nSPS) is 19.2. The Kier molecular flexibility index (Phi) is 5.09. The number of nitrogens with zero attached hydrogens (tertiary/aromatic N) is 3. The van der Waals surface area contributed by atoms with E-state index in [1.54, 1.807) is 7.11 Å². The molecule has 34 heavy (non-hydrogen) atoms. The summed E-state index contributed by atoms with van der Waals surface area (Å²) in [6, 6.07) is 20.7. The molecule has 1 unspecified atom stereocenters. The van der Waals surface area contributed by atoms with Crippen LogP contribution in [0, 0.1) is 0 Å². The van der Waals surface area contributed by atoms with Crippen molar-refractivity contribution in [1.29, 1.82) is 0 Å². The van der Waals surface area contributed by atoms with Gasteiger partial charge in [-0.15, -0.1) is 0 Å². The van der Waals surface area contributed by atoms with Gasteiger partial charge < -0.3 is 24.8 Å². The first kappa shape index (κ1) is 20.9. The maximum atomic E-state index is 13.3. The molecule has 1 atom stereocenters. The lowest BCUT2D eigenvalue weighted by atomic mass is 10.1. The van der Waals surface area contributed by atoms with E-state index in [1.165, 1.54) is 24.9 Å². The Morgan fingerprint density at radius 1 is 0.912 bits per heavy atom. The molecule has 3 aromatic rings. The molecular weight excluding hydrogens is 424 g/mol. The van der Waals surface area contributed by atoms with Crippen LogP contribution in [0.1, 0.15) is 46.9 Å². The number of methoxy groups -OCH3 is 1. The van der Waals surface area contributed by atoms with Gasteiger partial charge in [0.25, 0.3) is 5.91 Å². The monoisotopic (exact) mass is 454 g/mol. The molecule has 1 N–H and O–H groups in total. The quantitative estimate of drug-likeness (QED) is 0.572. The summed E-state index contributed by atoms with van der Waals surface area (Å²) < 4.78 is 5.30. The zero-order valence-electron chi connectivity index (χ0n) is 19.8. The fourth-order valence-corrected chi connectivity index (χ4v) is 5.44. The maximum Gasteiger partial charge on any atom is 0.258 e. The molecule has 1 fully saturated rings. The molecule has 0 radical (unpaired) electrons. The van der Waals surface area contributed by atoms with E-state index < -0.39 is 0 Å². The van der Waals surface area contributed by atoms with Gasteiger partial charge in [0, 0.05) is 37.1 Å². The second-order valence-electron chi connectivity index (χ2n) is 9.41. The van der Waals surface area contributed by atoms with E-state index in [2.05, 4.69) is 58.6 Å². The third kappa shape index (κ3) is 3.45. The van der Waals surface area contributed by atoms with Gasteiger partial charge in [-0.25, -0.2) is 0 Å². The van der Waals surface area contributed by atoms with Crippen LogP contribution in [0.25, 0.3) is 0 Å². The van der Waals surface area contributed by atoms with E-state index in [9.17, 15) is 4.79 Å². The molecule has 3 heterocycles. The summed E-state index contributed by atoms with van der Waals surface area (Å²) in [7, 11) is 3.77. The Balaban J connectivity index is 1.24. The highest BCUT2D eigenvalue weighted by atomic mass is 16.5. The second-order valence-corrected chi connectivity index (χ2v) is 9.41. The van der Waals surface area contributed by atoms with Gasteiger partial charge in [0.2, 0.25) is 0 Å². The van der Waals surface area contributed by atoms with Crippen LogP contribution in [0.5, 0.6) is 5.75 Å². The highest BCUT2D eigenvalue weighted by molar-refractivity contribution is 6.10. The number of benzene rings is 3. The van der Waals surface area contributed by atoms with E-state index in [-0.39, 0.29) is 12.1 Å². The van der Waals surface area contributed by atoms with Gasteiger partial charge >= 0.3 is 0 Å². The summed E-state index contributed by atoms with van der Waals surface area (Å²) in [5.74, 6) is 0.931. The average molecular weight is 455 g/mol. The molecule has 0 spiro atoms.